The van der Waals surface area contributed by atoms with Crippen molar-refractivity contribution in [1.29, 1.82) is 0 Å². The highest BCUT2D eigenvalue weighted by atomic mass is 16.4. The van der Waals surface area contributed by atoms with Gasteiger partial charge in [-0.15, -0.1) is 0 Å². The lowest BCUT2D eigenvalue weighted by Crippen LogP contribution is -2.30. The number of aromatic nitrogens is 3. The number of likely N-dealkylation sites (tertiary alicyclic amines) is 1. The molecule has 1 aliphatic rings. The molecule has 0 aliphatic carbocycles. The molecule has 27 heavy (non-hydrogen) atoms. The number of pyridine rings is 1. The molecule has 0 saturated carbocycles. The lowest BCUT2D eigenvalue weighted by atomic mass is 10.1. The smallest absolute Gasteiger partial charge is 0.337 e. The molecule has 1 N–H and O–H groups in total. The van der Waals surface area contributed by atoms with E-state index in [1.165, 1.54) is 12.8 Å². The summed E-state index contributed by atoms with van der Waals surface area (Å²) >= 11 is 0. The van der Waals surface area contributed by atoms with Crippen LogP contribution in [0.1, 0.15) is 34.5 Å². The summed E-state index contributed by atoms with van der Waals surface area (Å²) in [5.74, 6) is -0.947. The third-order valence-corrected chi connectivity index (χ3v) is 5.07. The molecule has 1 fully saturated rings. The summed E-state index contributed by atoms with van der Waals surface area (Å²) in [6, 6.07) is 13.5. The van der Waals surface area contributed by atoms with Gasteiger partial charge in [0.05, 0.1) is 17.4 Å². The summed E-state index contributed by atoms with van der Waals surface area (Å²) in [4.78, 5) is 18.4. The summed E-state index contributed by atoms with van der Waals surface area (Å²) < 4.78 is 1.66. The second-order valence-corrected chi connectivity index (χ2v) is 6.91. The Labute approximate surface area is 158 Å². The molecule has 4 rings (SSSR count). The van der Waals surface area contributed by atoms with Crippen LogP contribution in [0.4, 0.5) is 0 Å². The van der Waals surface area contributed by atoms with Gasteiger partial charge in [-0.3, -0.25) is 9.88 Å². The Hall–Kier alpha value is -2.99. The molecule has 1 saturated heterocycles. The summed E-state index contributed by atoms with van der Waals surface area (Å²) in [6.07, 6.45) is 8.92. The third kappa shape index (κ3) is 3.90. The molecule has 3 aromatic rings. The number of hydrogen-bond donors (Lipinski definition) is 1. The van der Waals surface area contributed by atoms with Gasteiger partial charge in [0.2, 0.25) is 0 Å². The second kappa shape index (κ2) is 7.72. The molecule has 6 nitrogen and oxygen atoms in total. The Bertz CT molecular complexity index is 923. The minimum absolute atomic E-state index is 0.251. The average molecular weight is 362 g/mol. The second-order valence-electron chi connectivity index (χ2n) is 6.91. The highest BCUT2D eigenvalue weighted by molar-refractivity contribution is 5.91. The van der Waals surface area contributed by atoms with E-state index in [0.29, 0.717) is 11.7 Å². The molecule has 0 radical (unpaired) electrons. The summed E-state index contributed by atoms with van der Waals surface area (Å²) in [6.45, 7) is 1.88. The highest BCUT2D eigenvalue weighted by Gasteiger charge is 2.25. The van der Waals surface area contributed by atoms with Crippen LogP contribution in [0.2, 0.25) is 0 Å². The molecule has 6 heteroatoms. The Kier molecular flexibility index (Phi) is 4.98. The van der Waals surface area contributed by atoms with Gasteiger partial charge in [-0.2, -0.15) is 5.10 Å². The van der Waals surface area contributed by atoms with Gasteiger partial charge in [0, 0.05) is 42.7 Å². The molecule has 3 heterocycles. The van der Waals surface area contributed by atoms with Crippen LogP contribution in [0.3, 0.4) is 0 Å². The van der Waals surface area contributed by atoms with Gasteiger partial charge in [-0.05, 0) is 43.7 Å². The number of aromatic carboxylic acids is 1. The zero-order chi connectivity index (χ0) is 18.6. The Morgan fingerprint density at radius 2 is 2.04 bits per heavy atom. The van der Waals surface area contributed by atoms with Gasteiger partial charge in [0.15, 0.2) is 0 Å². The Morgan fingerprint density at radius 1 is 1.19 bits per heavy atom. The molecule has 0 unspecified atom stereocenters. The molecule has 0 amide bonds. The number of carboxylic acid groups (broad SMARTS) is 1. The molecular formula is C21H22N4O2. The first-order chi connectivity index (χ1) is 13.2. The van der Waals surface area contributed by atoms with Crippen molar-refractivity contribution in [1.82, 2.24) is 19.7 Å². The Balaban J connectivity index is 1.48. The van der Waals surface area contributed by atoms with Crippen molar-refractivity contribution >= 4 is 5.97 Å². The van der Waals surface area contributed by atoms with E-state index in [1.807, 2.05) is 36.8 Å². The van der Waals surface area contributed by atoms with Crippen molar-refractivity contribution in [3.63, 3.8) is 0 Å². The van der Waals surface area contributed by atoms with E-state index >= 15 is 0 Å². The van der Waals surface area contributed by atoms with E-state index in [2.05, 4.69) is 21.0 Å². The van der Waals surface area contributed by atoms with Gasteiger partial charge < -0.3 is 5.11 Å². The number of hydrogen-bond acceptors (Lipinski definition) is 4. The predicted molar refractivity (Wildman–Crippen MR) is 102 cm³/mol. The first-order valence-corrected chi connectivity index (χ1v) is 9.21. The molecule has 0 spiro atoms. The van der Waals surface area contributed by atoms with Crippen molar-refractivity contribution in [2.45, 2.75) is 31.8 Å². The molecule has 2 aromatic heterocycles. The van der Waals surface area contributed by atoms with Crippen LogP contribution in [0.5, 0.6) is 0 Å². The summed E-state index contributed by atoms with van der Waals surface area (Å²) in [7, 11) is 0. The van der Waals surface area contributed by atoms with Gasteiger partial charge >= 0.3 is 5.97 Å². The zero-order valence-electron chi connectivity index (χ0n) is 15.0. The normalized spacial score (nSPS) is 17.3. The fraction of sp³-hybridized carbons (Fsp3) is 0.286. The monoisotopic (exact) mass is 362 g/mol. The maximum Gasteiger partial charge on any atom is 0.337 e. The zero-order valence-corrected chi connectivity index (χ0v) is 15.0. The first kappa shape index (κ1) is 17.4. The SMILES string of the molecule is O=C(O)c1ccccc1-n1cc(CN2CCC[C@H]2Cc2ccccn2)cn1. The number of para-hydroxylation sites is 1. The minimum atomic E-state index is -0.947. The molecular weight excluding hydrogens is 340 g/mol. The Morgan fingerprint density at radius 3 is 2.85 bits per heavy atom. The fourth-order valence-corrected chi connectivity index (χ4v) is 3.76. The van der Waals surface area contributed by atoms with Crippen molar-refractivity contribution in [3.05, 3.63) is 77.9 Å². The van der Waals surface area contributed by atoms with Crippen LogP contribution in [-0.2, 0) is 13.0 Å². The van der Waals surface area contributed by atoms with Crippen LogP contribution < -0.4 is 0 Å². The largest absolute Gasteiger partial charge is 0.478 e. The predicted octanol–water partition coefficient (Wildman–Crippen LogP) is 3.17. The number of benzene rings is 1. The summed E-state index contributed by atoms with van der Waals surface area (Å²) in [5, 5.41) is 13.8. The number of rotatable bonds is 6. The van der Waals surface area contributed by atoms with E-state index in [-0.39, 0.29) is 5.56 Å². The van der Waals surface area contributed by atoms with Gasteiger partial charge in [0.25, 0.3) is 0 Å². The average Bonchev–Trinajstić information content (AvgIpc) is 3.33. The van der Waals surface area contributed by atoms with Crippen LogP contribution in [0.25, 0.3) is 5.69 Å². The molecule has 0 bridgehead atoms. The van der Waals surface area contributed by atoms with Crippen LogP contribution in [-0.4, -0.2) is 43.3 Å². The van der Waals surface area contributed by atoms with E-state index in [4.69, 9.17) is 0 Å². The van der Waals surface area contributed by atoms with E-state index in [9.17, 15) is 9.90 Å². The van der Waals surface area contributed by atoms with Crippen LogP contribution in [0, 0.1) is 0 Å². The number of carboxylic acids is 1. The molecule has 1 atom stereocenters. The van der Waals surface area contributed by atoms with Gasteiger partial charge in [-0.25, -0.2) is 9.48 Å². The van der Waals surface area contributed by atoms with E-state index in [0.717, 1.165) is 30.8 Å². The fourth-order valence-electron chi connectivity index (χ4n) is 3.76. The quantitative estimate of drug-likeness (QED) is 0.729. The van der Waals surface area contributed by atoms with Crippen molar-refractivity contribution in [2.75, 3.05) is 6.54 Å². The standard InChI is InChI=1S/C21H22N4O2/c26-21(27)19-8-1-2-9-20(19)25-15-16(13-23-25)14-24-11-5-7-18(24)12-17-6-3-4-10-22-17/h1-4,6,8-10,13,15,18H,5,7,11-12,14H2,(H,26,27)/t18-/m0/s1. The topological polar surface area (TPSA) is 71.2 Å². The van der Waals surface area contributed by atoms with Crippen LogP contribution >= 0.6 is 0 Å². The van der Waals surface area contributed by atoms with Gasteiger partial charge in [-0.1, -0.05) is 18.2 Å². The minimum Gasteiger partial charge on any atom is -0.478 e. The maximum atomic E-state index is 11.4. The van der Waals surface area contributed by atoms with Crippen molar-refractivity contribution in [3.8, 4) is 5.69 Å². The molecule has 138 valence electrons. The lowest BCUT2D eigenvalue weighted by Gasteiger charge is -2.23. The lowest BCUT2D eigenvalue weighted by molar-refractivity contribution is 0.0696. The number of nitrogens with zero attached hydrogens (tertiary/aromatic N) is 4. The summed E-state index contributed by atoms with van der Waals surface area (Å²) in [5.41, 5.74) is 3.05. The van der Waals surface area contributed by atoms with Crippen molar-refractivity contribution < 1.29 is 9.90 Å². The van der Waals surface area contributed by atoms with E-state index < -0.39 is 5.97 Å². The van der Waals surface area contributed by atoms with Crippen molar-refractivity contribution in [2.24, 2.45) is 0 Å². The van der Waals surface area contributed by atoms with Gasteiger partial charge in [0.1, 0.15) is 0 Å². The first-order valence-electron chi connectivity index (χ1n) is 9.21. The van der Waals surface area contributed by atoms with E-state index in [1.54, 1.807) is 22.9 Å². The highest BCUT2D eigenvalue weighted by Crippen LogP contribution is 2.23. The number of carbonyl (C=O) groups is 1. The third-order valence-electron chi connectivity index (χ3n) is 5.07. The maximum absolute atomic E-state index is 11.4. The molecule has 1 aliphatic heterocycles. The molecule has 1 aromatic carbocycles. The van der Waals surface area contributed by atoms with Crippen LogP contribution in [0.15, 0.2) is 61.1 Å².